The minimum atomic E-state index is 0.927. The van der Waals surface area contributed by atoms with Crippen molar-refractivity contribution in [1.29, 1.82) is 0 Å². The quantitative estimate of drug-likeness (QED) is 0.302. The fourth-order valence-corrected chi connectivity index (χ4v) is 4.01. The Morgan fingerprint density at radius 2 is 1.12 bits per heavy atom. The van der Waals surface area contributed by atoms with Gasteiger partial charge in [-0.3, -0.25) is 0 Å². The molecule has 0 fully saturated rings. The summed E-state index contributed by atoms with van der Waals surface area (Å²) in [5, 5.41) is 7.10. The van der Waals surface area contributed by atoms with Crippen LogP contribution in [0.4, 0.5) is 0 Å². The van der Waals surface area contributed by atoms with Gasteiger partial charge in [-0.1, -0.05) is 30.3 Å². The second-order valence-electron chi connectivity index (χ2n) is 6.67. The van der Waals surface area contributed by atoms with Crippen LogP contribution in [-0.4, -0.2) is 0 Å². The smallest absolute Gasteiger partial charge is 0.136 e. The van der Waals surface area contributed by atoms with Gasteiger partial charge in [0.1, 0.15) is 22.3 Å². The number of hydrogen-bond donors (Lipinski definition) is 0. The maximum atomic E-state index is 6.10. The highest BCUT2D eigenvalue weighted by atomic mass is 16.3. The van der Waals surface area contributed by atoms with Gasteiger partial charge in [-0.15, -0.1) is 0 Å². The Bertz CT molecular complexity index is 1450. The molecular weight excluding hydrogens is 308 g/mol. The van der Waals surface area contributed by atoms with E-state index in [1.165, 1.54) is 32.5 Å². The largest absolute Gasteiger partial charge is 0.456 e. The van der Waals surface area contributed by atoms with Crippen LogP contribution in [0.1, 0.15) is 5.56 Å². The number of fused-ring (bicyclic) bond motifs is 9. The van der Waals surface area contributed by atoms with Crippen molar-refractivity contribution in [2.75, 3.05) is 0 Å². The number of para-hydroxylation sites is 1. The molecule has 0 bridgehead atoms. The van der Waals surface area contributed by atoms with Crippen molar-refractivity contribution in [2.24, 2.45) is 0 Å². The topological polar surface area (TPSA) is 26.3 Å². The molecule has 2 heterocycles. The van der Waals surface area contributed by atoms with Gasteiger partial charge in [0, 0.05) is 21.5 Å². The molecule has 0 aliphatic rings. The van der Waals surface area contributed by atoms with Crippen LogP contribution in [0.5, 0.6) is 0 Å². The zero-order valence-electron chi connectivity index (χ0n) is 13.7. The fraction of sp³-hybridized carbons (Fsp3) is 0.0435. The average molecular weight is 322 g/mol. The number of hydrogen-bond acceptors (Lipinski definition) is 2. The highest BCUT2D eigenvalue weighted by molar-refractivity contribution is 6.27. The Balaban J connectivity index is 1.90. The molecule has 0 radical (unpaired) electrons. The molecule has 25 heavy (non-hydrogen) atoms. The first-order valence-electron chi connectivity index (χ1n) is 8.45. The zero-order valence-corrected chi connectivity index (χ0v) is 13.7. The summed E-state index contributed by atoms with van der Waals surface area (Å²) in [4.78, 5) is 0. The first kappa shape index (κ1) is 13.1. The third-order valence-corrected chi connectivity index (χ3v) is 5.13. The highest BCUT2D eigenvalue weighted by Crippen LogP contribution is 2.40. The van der Waals surface area contributed by atoms with Gasteiger partial charge in [0.2, 0.25) is 0 Å². The maximum absolute atomic E-state index is 6.10. The summed E-state index contributed by atoms with van der Waals surface area (Å²) in [5.74, 6) is 0. The Hall–Kier alpha value is -3.26. The Kier molecular flexibility index (Phi) is 2.31. The van der Waals surface area contributed by atoms with E-state index in [-0.39, 0.29) is 0 Å². The van der Waals surface area contributed by atoms with Crippen molar-refractivity contribution >= 4 is 54.6 Å². The summed E-state index contributed by atoms with van der Waals surface area (Å²) >= 11 is 0. The predicted molar refractivity (Wildman–Crippen MR) is 103 cm³/mol. The molecular formula is C23H14O2. The molecule has 0 unspecified atom stereocenters. The van der Waals surface area contributed by atoms with Crippen LogP contribution in [0, 0.1) is 6.92 Å². The summed E-state index contributed by atoms with van der Waals surface area (Å²) in [6, 6.07) is 23.1. The maximum Gasteiger partial charge on any atom is 0.136 e. The normalized spacial score (nSPS) is 12.2. The number of rotatable bonds is 0. The molecule has 0 saturated carbocycles. The second-order valence-corrected chi connectivity index (χ2v) is 6.67. The first-order chi connectivity index (χ1) is 12.3. The molecule has 0 atom stereocenters. The molecule has 0 aliphatic heterocycles. The lowest BCUT2D eigenvalue weighted by Crippen LogP contribution is -1.77. The number of furan rings is 2. The Labute approximate surface area is 143 Å². The van der Waals surface area contributed by atoms with E-state index in [4.69, 9.17) is 8.83 Å². The molecule has 0 spiro atoms. The van der Waals surface area contributed by atoms with Gasteiger partial charge in [-0.25, -0.2) is 0 Å². The minimum absolute atomic E-state index is 0.927. The van der Waals surface area contributed by atoms with E-state index in [2.05, 4.69) is 61.5 Å². The fourth-order valence-electron chi connectivity index (χ4n) is 4.01. The minimum Gasteiger partial charge on any atom is -0.456 e. The molecule has 0 N–H and O–H groups in total. The van der Waals surface area contributed by atoms with E-state index < -0.39 is 0 Å². The van der Waals surface area contributed by atoms with Gasteiger partial charge in [0.15, 0.2) is 0 Å². The second kappa shape index (κ2) is 4.42. The summed E-state index contributed by atoms with van der Waals surface area (Å²) in [6.07, 6.45) is 0. The van der Waals surface area contributed by atoms with Crippen molar-refractivity contribution in [3.63, 3.8) is 0 Å². The summed E-state index contributed by atoms with van der Waals surface area (Å²) in [6.45, 7) is 2.09. The van der Waals surface area contributed by atoms with Crippen LogP contribution >= 0.6 is 0 Å². The van der Waals surface area contributed by atoms with Gasteiger partial charge in [-0.2, -0.15) is 0 Å². The zero-order chi connectivity index (χ0) is 16.5. The number of benzene rings is 4. The Morgan fingerprint density at radius 3 is 1.88 bits per heavy atom. The van der Waals surface area contributed by atoms with E-state index in [9.17, 15) is 0 Å². The van der Waals surface area contributed by atoms with E-state index in [0.717, 1.165) is 27.7 Å². The molecule has 6 rings (SSSR count). The standard InChI is InChI=1S/C23H14O2/c1-13-6-7-17-21(12-13)25-20-11-9-14-15(23(17)20)8-10-19-22(14)16-4-2-3-5-18(16)24-19/h2-12H,1H3. The van der Waals surface area contributed by atoms with E-state index in [0.29, 0.717) is 0 Å². The van der Waals surface area contributed by atoms with Crippen molar-refractivity contribution in [2.45, 2.75) is 6.92 Å². The van der Waals surface area contributed by atoms with E-state index in [1.807, 2.05) is 12.1 Å². The molecule has 0 aliphatic carbocycles. The van der Waals surface area contributed by atoms with Crippen LogP contribution < -0.4 is 0 Å². The highest BCUT2D eigenvalue weighted by Gasteiger charge is 2.15. The lowest BCUT2D eigenvalue weighted by atomic mass is 9.99. The van der Waals surface area contributed by atoms with Crippen LogP contribution in [0.2, 0.25) is 0 Å². The van der Waals surface area contributed by atoms with E-state index >= 15 is 0 Å². The van der Waals surface area contributed by atoms with Crippen molar-refractivity contribution in [3.05, 3.63) is 72.3 Å². The third-order valence-electron chi connectivity index (χ3n) is 5.13. The SMILES string of the molecule is Cc1ccc2c(c1)oc1ccc3c(ccc4oc5ccccc5c43)c12. The van der Waals surface area contributed by atoms with Gasteiger partial charge in [0.25, 0.3) is 0 Å². The molecule has 0 amide bonds. The summed E-state index contributed by atoms with van der Waals surface area (Å²) in [5.41, 5.74) is 4.94. The average Bonchev–Trinajstić information content (AvgIpc) is 3.18. The van der Waals surface area contributed by atoms with Crippen molar-refractivity contribution in [1.82, 2.24) is 0 Å². The Morgan fingerprint density at radius 1 is 0.520 bits per heavy atom. The summed E-state index contributed by atoms with van der Waals surface area (Å²) in [7, 11) is 0. The monoisotopic (exact) mass is 322 g/mol. The van der Waals surface area contributed by atoms with Gasteiger partial charge in [-0.05, 0) is 59.7 Å². The van der Waals surface area contributed by atoms with Crippen molar-refractivity contribution in [3.8, 4) is 0 Å². The molecule has 4 aromatic carbocycles. The molecule has 2 heteroatoms. The van der Waals surface area contributed by atoms with Crippen molar-refractivity contribution < 1.29 is 8.83 Å². The van der Waals surface area contributed by atoms with Crippen LogP contribution in [0.3, 0.4) is 0 Å². The van der Waals surface area contributed by atoms with Gasteiger partial charge in [0.05, 0.1) is 0 Å². The molecule has 118 valence electrons. The lowest BCUT2D eigenvalue weighted by Gasteiger charge is -2.01. The lowest BCUT2D eigenvalue weighted by molar-refractivity contribution is 0.668. The summed E-state index contributed by atoms with van der Waals surface area (Å²) < 4.78 is 12.1. The molecule has 0 saturated heterocycles. The molecule has 6 aromatic rings. The molecule has 2 nitrogen and oxygen atoms in total. The first-order valence-corrected chi connectivity index (χ1v) is 8.45. The van der Waals surface area contributed by atoms with Crippen LogP contribution in [0.25, 0.3) is 54.6 Å². The predicted octanol–water partition coefficient (Wildman–Crippen LogP) is 6.95. The van der Waals surface area contributed by atoms with Crippen LogP contribution in [-0.2, 0) is 0 Å². The van der Waals surface area contributed by atoms with E-state index in [1.54, 1.807) is 0 Å². The number of aryl methyl sites for hydroxylation is 1. The van der Waals surface area contributed by atoms with Crippen LogP contribution in [0.15, 0.2) is 75.6 Å². The third kappa shape index (κ3) is 1.64. The van der Waals surface area contributed by atoms with Gasteiger partial charge < -0.3 is 8.83 Å². The molecule has 2 aromatic heterocycles. The van der Waals surface area contributed by atoms with Gasteiger partial charge >= 0.3 is 0 Å².